The zero-order valence-electron chi connectivity index (χ0n) is 15.7. The Balaban J connectivity index is 1.35. The molecule has 1 heterocycles. The third-order valence-corrected chi connectivity index (χ3v) is 5.62. The van der Waals surface area contributed by atoms with Gasteiger partial charge in [0.25, 0.3) is 0 Å². The molecule has 0 radical (unpaired) electrons. The van der Waals surface area contributed by atoms with Crippen LogP contribution in [-0.2, 0) is 10.2 Å². The molecule has 5 heteroatoms. The van der Waals surface area contributed by atoms with Crippen LogP contribution in [0.5, 0.6) is 0 Å². The van der Waals surface area contributed by atoms with E-state index in [0.717, 1.165) is 28.6 Å². The van der Waals surface area contributed by atoms with Gasteiger partial charge in [0, 0.05) is 5.41 Å². The van der Waals surface area contributed by atoms with Gasteiger partial charge in [0.2, 0.25) is 5.91 Å². The summed E-state index contributed by atoms with van der Waals surface area (Å²) in [6.45, 7) is 0. The average Bonchev–Trinajstić information content (AvgIpc) is 3.41. The number of amides is 1. The van der Waals surface area contributed by atoms with E-state index in [1.165, 1.54) is 0 Å². The van der Waals surface area contributed by atoms with E-state index in [1.807, 2.05) is 60.7 Å². The normalized spacial score (nSPS) is 17.4. The van der Waals surface area contributed by atoms with Gasteiger partial charge in [-0.2, -0.15) is 5.10 Å². The van der Waals surface area contributed by atoms with E-state index in [0.29, 0.717) is 5.82 Å². The fourth-order valence-electron chi connectivity index (χ4n) is 4.12. The molecule has 4 aromatic rings. The van der Waals surface area contributed by atoms with Gasteiger partial charge in [-0.25, -0.2) is 10.4 Å². The van der Waals surface area contributed by atoms with Crippen LogP contribution in [-0.4, -0.2) is 22.1 Å². The fraction of sp³-hybridized carbons (Fsp3) is 0.125. The fourth-order valence-corrected chi connectivity index (χ4v) is 4.12. The number of aromatic nitrogens is 2. The van der Waals surface area contributed by atoms with Gasteiger partial charge in [0.05, 0.1) is 23.2 Å². The number of imidazole rings is 1. The Hall–Kier alpha value is -3.73. The van der Waals surface area contributed by atoms with Crippen molar-refractivity contribution in [3.05, 3.63) is 102 Å². The molecule has 1 unspecified atom stereocenters. The number of nitrogens with one attached hydrogen (secondary N) is 2. The Bertz CT molecular complexity index is 1110. The lowest BCUT2D eigenvalue weighted by Gasteiger charge is -2.18. The first-order valence-corrected chi connectivity index (χ1v) is 9.66. The summed E-state index contributed by atoms with van der Waals surface area (Å²) in [5, 5.41) is 4.13. The first-order valence-electron chi connectivity index (χ1n) is 9.66. The lowest BCUT2D eigenvalue weighted by Crippen LogP contribution is -2.25. The lowest BCUT2D eigenvalue weighted by atomic mass is 9.85. The molecule has 29 heavy (non-hydrogen) atoms. The van der Waals surface area contributed by atoms with Crippen molar-refractivity contribution in [2.24, 2.45) is 11.0 Å². The average molecular weight is 380 g/mol. The van der Waals surface area contributed by atoms with Gasteiger partial charge in [-0.3, -0.25) is 4.79 Å². The highest BCUT2D eigenvalue weighted by molar-refractivity contribution is 5.88. The summed E-state index contributed by atoms with van der Waals surface area (Å²) in [6, 6.07) is 28.2. The van der Waals surface area contributed by atoms with Crippen LogP contribution in [0, 0.1) is 5.92 Å². The van der Waals surface area contributed by atoms with Gasteiger partial charge >= 0.3 is 0 Å². The van der Waals surface area contributed by atoms with Crippen molar-refractivity contribution in [3.8, 4) is 0 Å². The third kappa shape index (κ3) is 3.10. The second kappa shape index (κ2) is 7.02. The molecule has 3 aromatic carbocycles. The van der Waals surface area contributed by atoms with Crippen LogP contribution in [0.3, 0.4) is 0 Å². The number of hydrogen-bond acceptors (Lipinski definition) is 3. The van der Waals surface area contributed by atoms with Crippen molar-refractivity contribution in [1.82, 2.24) is 15.4 Å². The second-order valence-electron chi connectivity index (χ2n) is 7.33. The number of fused-ring (bicyclic) bond motifs is 1. The molecule has 142 valence electrons. The maximum Gasteiger partial charge on any atom is 0.244 e. The molecule has 5 nitrogen and oxygen atoms in total. The Morgan fingerprint density at radius 3 is 2.24 bits per heavy atom. The predicted molar refractivity (Wildman–Crippen MR) is 114 cm³/mol. The minimum Gasteiger partial charge on any atom is -0.337 e. The number of para-hydroxylation sites is 2. The van der Waals surface area contributed by atoms with Crippen LogP contribution in [0.1, 0.15) is 23.4 Å². The molecule has 1 fully saturated rings. The van der Waals surface area contributed by atoms with Crippen molar-refractivity contribution in [2.45, 2.75) is 11.8 Å². The highest BCUT2D eigenvalue weighted by atomic mass is 16.2. The van der Waals surface area contributed by atoms with Gasteiger partial charge in [0.1, 0.15) is 0 Å². The van der Waals surface area contributed by atoms with Crippen molar-refractivity contribution < 1.29 is 4.79 Å². The molecule has 1 amide bonds. The molecular formula is C24H20N4O. The standard InChI is InChI=1S/C24H20N4O/c29-23(28-25-16-22-26-20-13-7-8-14-21(20)27-22)19-15-24(19,17-9-3-1-4-10-17)18-11-5-2-6-12-18/h1-14,16,19H,15H2,(H,26,27)(H,28,29)/b25-16+. The summed E-state index contributed by atoms with van der Waals surface area (Å²) >= 11 is 0. The van der Waals surface area contributed by atoms with Crippen LogP contribution in [0.15, 0.2) is 90.0 Å². The molecule has 5 rings (SSSR count). The quantitative estimate of drug-likeness (QED) is 0.406. The second-order valence-corrected chi connectivity index (χ2v) is 7.33. The maximum absolute atomic E-state index is 12.9. The minimum absolute atomic E-state index is 0.0786. The van der Waals surface area contributed by atoms with Crippen molar-refractivity contribution in [3.63, 3.8) is 0 Å². The van der Waals surface area contributed by atoms with Crippen molar-refractivity contribution >= 4 is 23.2 Å². The molecule has 0 saturated heterocycles. The predicted octanol–water partition coefficient (Wildman–Crippen LogP) is 4.02. The van der Waals surface area contributed by atoms with E-state index in [2.05, 4.69) is 44.8 Å². The summed E-state index contributed by atoms with van der Waals surface area (Å²) in [7, 11) is 0. The topological polar surface area (TPSA) is 70.1 Å². The zero-order valence-corrected chi connectivity index (χ0v) is 15.7. The van der Waals surface area contributed by atoms with E-state index >= 15 is 0 Å². The van der Waals surface area contributed by atoms with Crippen LogP contribution < -0.4 is 5.43 Å². The SMILES string of the molecule is O=C(N/N=C/c1nc2ccccc2[nH]1)C1CC1(c1ccccc1)c1ccccc1. The molecule has 1 saturated carbocycles. The monoisotopic (exact) mass is 380 g/mol. The van der Waals surface area contributed by atoms with Gasteiger partial charge < -0.3 is 4.98 Å². The lowest BCUT2D eigenvalue weighted by molar-refractivity contribution is -0.122. The van der Waals surface area contributed by atoms with Crippen LogP contribution in [0.25, 0.3) is 11.0 Å². The van der Waals surface area contributed by atoms with Gasteiger partial charge in [0.15, 0.2) is 5.82 Å². The number of benzene rings is 3. The maximum atomic E-state index is 12.9. The third-order valence-electron chi connectivity index (χ3n) is 5.62. The number of hydrazone groups is 1. The Morgan fingerprint density at radius 1 is 0.966 bits per heavy atom. The molecule has 1 aliphatic rings. The van der Waals surface area contributed by atoms with Gasteiger partial charge in [-0.1, -0.05) is 72.8 Å². The number of H-pyrrole nitrogens is 1. The van der Waals surface area contributed by atoms with Crippen LogP contribution in [0.2, 0.25) is 0 Å². The van der Waals surface area contributed by atoms with E-state index in [4.69, 9.17) is 0 Å². The number of aromatic amines is 1. The molecule has 2 N–H and O–H groups in total. The van der Waals surface area contributed by atoms with Crippen molar-refractivity contribution in [1.29, 1.82) is 0 Å². The van der Waals surface area contributed by atoms with Gasteiger partial charge in [-0.05, 0) is 29.7 Å². The molecule has 1 aliphatic carbocycles. The highest BCUT2D eigenvalue weighted by Crippen LogP contribution is 2.58. The largest absolute Gasteiger partial charge is 0.337 e. The summed E-state index contributed by atoms with van der Waals surface area (Å²) < 4.78 is 0. The summed E-state index contributed by atoms with van der Waals surface area (Å²) in [4.78, 5) is 20.5. The number of hydrogen-bond donors (Lipinski definition) is 2. The zero-order chi connectivity index (χ0) is 19.7. The Labute approximate surface area is 168 Å². The van der Waals surface area contributed by atoms with Crippen molar-refractivity contribution in [2.75, 3.05) is 0 Å². The number of nitrogens with zero attached hydrogens (tertiary/aromatic N) is 2. The first kappa shape index (κ1) is 17.4. The van der Waals surface area contributed by atoms with Crippen LogP contribution in [0.4, 0.5) is 0 Å². The molecule has 0 spiro atoms. The molecular weight excluding hydrogens is 360 g/mol. The summed E-state index contributed by atoms with van der Waals surface area (Å²) in [6.07, 6.45) is 2.32. The van der Waals surface area contributed by atoms with E-state index in [1.54, 1.807) is 6.21 Å². The first-order chi connectivity index (χ1) is 14.3. The number of carbonyl (C=O) groups is 1. The molecule has 1 atom stereocenters. The summed E-state index contributed by atoms with van der Waals surface area (Å²) in [5.74, 6) is 0.380. The highest BCUT2D eigenvalue weighted by Gasteiger charge is 2.60. The van der Waals surface area contributed by atoms with E-state index in [9.17, 15) is 4.79 Å². The minimum atomic E-state index is -0.290. The summed E-state index contributed by atoms with van der Waals surface area (Å²) in [5.41, 5.74) is 6.54. The molecule has 0 aliphatic heterocycles. The smallest absolute Gasteiger partial charge is 0.244 e. The van der Waals surface area contributed by atoms with Crippen LogP contribution >= 0.6 is 0 Å². The number of rotatable bonds is 5. The molecule has 0 bridgehead atoms. The van der Waals surface area contributed by atoms with E-state index in [-0.39, 0.29) is 17.2 Å². The Kier molecular flexibility index (Phi) is 4.21. The van der Waals surface area contributed by atoms with Gasteiger partial charge in [-0.15, -0.1) is 0 Å². The Morgan fingerprint density at radius 2 is 1.59 bits per heavy atom. The van der Waals surface area contributed by atoms with E-state index < -0.39 is 0 Å². The number of carbonyl (C=O) groups excluding carboxylic acids is 1. The molecule has 1 aromatic heterocycles.